The van der Waals surface area contributed by atoms with Gasteiger partial charge in [0.15, 0.2) is 9.84 Å². The minimum atomic E-state index is -3.85. The molecule has 2 aromatic rings. The molecule has 1 unspecified atom stereocenters. The molecule has 1 aliphatic rings. The van der Waals surface area contributed by atoms with E-state index in [-0.39, 0.29) is 24.6 Å². The van der Waals surface area contributed by atoms with Gasteiger partial charge in [0.05, 0.1) is 23.1 Å². The Kier molecular flexibility index (Phi) is 16.2. The van der Waals surface area contributed by atoms with E-state index in [1.807, 2.05) is 38.1 Å². The summed E-state index contributed by atoms with van der Waals surface area (Å²) >= 11 is 0. The van der Waals surface area contributed by atoms with E-state index in [0.717, 1.165) is 55.0 Å². The number of aliphatic hydroxyl groups excluding tert-OH is 1. The van der Waals surface area contributed by atoms with Gasteiger partial charge < -0.3 is 25.8 Å². The van der Waals surface area contributed by atoms with Gasteiger partial charge in [-0.25, -0.2) is 22.0 Å². The molecule has 2 aromatic carbocycles. The Morgan fingerprint density at radius 2 is 1.56 bits per heavy atom. The molecule has 268 valence electrons. The Labute approximate surface area is 284 Å². The fourth-order valence-corrected chi connectivity index (χ4v) is 8.39. The van der Waals surface area contributed by atoms with Crippen LogP contribution in [0.15, 0.2) is 42.5 Å². The molecule has 3 rings (SSSR count). The smallest absolute Gasteiger partial charge is 0.408 e. The van der Waals surface area contributed by atoms with Gasteiger partial charge in [-0.1, -0.05) is 64.3 Å². The van der Waals surface area contributed by atoms with Crippen LogP contribution in [0.4, 0.5) is 13.6 Å². The summed E-state index contributed by atoms with van der Waals surface area (Å²) in [5, 5.41) is 19.0. The normalized spacial score (nSPS) is 15.9. The zero-order valence-corrected chi connectivity index (χ0v) is 29.3. The standard InChI is InChI=1S/C36H53F2N3O6S/c1-4-11-31(12-5-2)48(45,46)24-33(41-36(44)47-30-15-8-7-9-16-30)35(43)40-32(20-27-18-28(37)21-29(38)19-27)34(42)23-39-22-26-14-10-13-25(6-3)17-26/h10,13-14,17-19,21,30-34,39,42H,4-9,11-12,15-16,20,22-24H2,1-3H3,(H,40,43)(H,41,44)/t32-,33?,34+/m0/s1. The van der Waals surface area contributed by atoms with Crippen LogP contribution in [0.3, 0.4) is 0 Å². The van der Waals surface area contributed by atoms with Crippen molar-refractivity contribution in [1.29, 1.82) is 0 Å². The fourth-order valence-electron chi connectivity index (χ4n) is 6.22. The second kappa shape index (κ2) is 19.8. The molecule has 0 aromatic heterocycles. The van der Waals surface area contributed by atoms with E-state index in [4.69, 9.17) is 4.74 Å². The summed E-state index contributed by atoms with van der Waals surface area (Å²) in [4.78, 5) is 26.9. The number of nitrogens with one attached hydrogen (secondary N) is 3. The highest BCUT2D eigenvalue weighted by atomic mass is 32.2. The molecule has 48 heavy (non-hydrogen) atoms. The van der Waals surface area contributed by atoms with E-state index in [2.05, 4.69) is 22.9 Å². The first kappa shape index (κ1) is 39.3. The van der Waals surface area contributed by atoms with Crippen molar-refractivity contribution in [3.63, 3.8) is 0 Å². The number of carbonyl (C=O) groups is 2. The zero-order valence-electron chi connectivity index (χ0n) is 28.5. The van der Waals surface area contributed by atoms with Crippen LogP contribution in [-0.4, -0.2) is 67.4 Å². The molecule has 0 radical (unpaired) electrons. The summed E-state index contributed by atoms with van der Waals surface area (Å²) in [6.07, 6.45) is 4.57. The van der Waals surface area contributed by atoms with Crippen LogP contribution >= 0.6 is 0 Å². The Balaban J connectivity index is 1.83. The lowest BCUT2D eigenvalue weighted by Gasteiger charge is -2.29. The molecule has 4 N–H and O–H groups in total. The summed E-state index contributed by atoms with van der Waals surface area (Å²) < 4.78 is 61.0. The second-order valence-electron chi connectivity index (χ2n) is 12.9. The molecule has 12 heteroatoms. The maximum Gasteiger partial charge on any atom is 0.408 e. The Hall–Kier alpha value is -3.09. The first-order valence-electron chi connectivity index (χ1n) is 17.3. The van der Waals surface area contributed by atoms with Crippen LogP contribution in [0.5, 0.6) is 0 Å². The van der Waals surface area contributed by atoms with Gasteiger partial charge in [0.2, 0.25) is 5.91 Å². The molecule has 0 spiro atoms. The van der Waals surface area contributed by atoms with E-state index in [0.29, 0.717) is 45.1 Å². The lowest BCUT2D eigenvalue weighted by atomic mass is 9.98. The van der Waals surface area contributed by atoms with Crippen molar-refractivity contribution in [3.05, 3.63) is 70.8 Å². The predicted molar refractivity (Wildman–Crippen MR) is 183 cm³/mol. The van der Waals surface area contributed by atoms with Gasteiger partial charge in [0, 0.05) is 19.2 Å². The summed E-state index contributed by atoms with van der Waals surface area (Å²) in [6, 6.07) is 8.29. The van der Waals surface area contributed by atoms with Gasteiger partial charge in [-0.05, 0) is 80.2 Å². The number of aryl methyl sites for hydroxylation is 1. The molecule has 2 amide bonds. The quantitative estimate of drug-likeness (QED) is 0.152. The molecule has 0 bridgehead atoms. The number of sulfone groups is 1. The van der Waals surface area contributed by atoms with E-state index in [1.54, 1.807) is 0 Å². The van der Waals surface area contributed by atoms with Crippen LogP contribution < -0.4 is 16.0 Å². The van der Waals surface area contributed by atoms with Crippen LogP contribution in [0.2, 0.25) is 0 Å². The lowest BCUT2D eigenvalue weighted by Crippen LogP contribution is -2.57. The van der Waals surface area contributed by atoms with E-state index >= 15 is 0 Å². The van der Waals surface area contributed by atoms with Gasteiger partial charge in [0.1, 0.15) is 23.8 Å². The van der Waals surface area contributed by atoms with Gasteiger partial charge in [-0.15, -0.1) is 0 Å². The number of aliphatic hydroxyl groups is 1. The molecule has 0 aliphatic heterocycles. The van der Waals surface area contributed by atoms with Crippen molar-refractivity contribution in [3.8, 4) is 0 Å². The lowest BCUT2D eigenvalue weighted by molar-refractivity contribution is -0.124. The summed E-state index contributed by atoms with van der Waals surface area (Å²) in [5.74, 6) is -3.13. The third kappa shape index (κ3) is 13.1. The maximum atomic E-state index is 14.1. The molecular weight excluding hydrogens is 640 g/mol. The second-order valence-corrected chi connectivity index (χ2v) is 15.2. The number of hydrogen-bond acceptors (Lipinski definition) is 7. The van der Waals surface area contributed by atoms with Crippen molar-refractivity contribution >= 4 is 21.8 Å². The largest absolute Gasteiger partial charge is 0.446 e. The minimum absolute atomic E-state index is 0.00822. The first-order valence-corrected chi connectivity index (χ1v) is 19.1. The minimum Gasteiger partial charge on any atom is -0.446 e. The molecule has 1 saturated carbocycles. The highest BCUT2D eigenvalue weighted by Crippen LogP contribution is 2.21. The average Bonchev–Trinajstić information content (AvgIpc) is 3.04. The van der Waals surface area contributed by atoms with Crippen molar-refractivity contribution in [1.82, 2.24) is 16.0 Å². The molecule has 3 atom stereocenters. The van der Waals surface area contributed by atoms with Gasteiger partial charge in [-0.3, -0.25) is 4.79 Å². The van der Waals surface area contributed by atoms with Crippen molar-refractivity contribution in [2.75, 3.05) is 12.3 Å². The van der Waals surface area contributed by atoms with E-state index in [1.165, 1.54) is 0 Å². The van der Waals surface area contributed by atoms with E-state index in [9.17, 15) is 31.9 Å². The van der Waals surface area contributed by atoms with Gasteiger partial charge in [-0.2, -0.15) is 0 Å². The number of benzene rings is 2. The average molecular weight is 694 g/mol. The molecule has 9 nitrogen and oxygen atoms in total. The Morgan fingerprint density at radius 1 is 0.917 bits per heavy atom. The topological polar surface area (TPSA) is 134 Å². The molecular formula is C36H53F2N3O6S. The third-order valence-corrected chi connectivity index (χ3v) is 11.1. The SMILES string of the molecule is CCCC(CCC)S(=O)(=O)CC(NC(=O)OC1CCCCC1)C(=O)N[C@@H](Cc1cc(F)cc(F)c1)[C@H](O)CNCc1cccc(CC)c1. The monoisotopic (exact) mass is 693 g/mol. The number of halogens is 2. The predicted octanol–water partition coefficient (Wildman–Crippen LogP) is 5.52. The Morgan fingerprint density at radius 3 is 2.19 bits per heavy atom. The summed E-state index contributed by atoms with van der Waals surface area (Å²) in [5.41, 5.74) is 2.34. The highest BCUT2D eigenvalue weighted by Gasteiger charge is 2.35. The number of alkyl carbamates (subject to hydrolysis) is 1. The van der Waals surface area contributed by atoms with Crippen molar-refractivity contribution in [2.24, 2.45) is 0 Å². The number of amides is 2. The Bertz CT molecular complexity index is 1390. The van der Waals surface area contributed by atoms with Gasteiger partial charge >= 0.3 is 6.09 Å². The van der Waals surface area contributed by atoms with E-state index < -0.39 is 62.7 Å². The molecule has 0 saturated heterocycles. The van der Waals surface area contributed by atoms with Gasteiger partial charge in [0.25, 0.3) is 0 Å². The van der Waals surface area contributed by atoms with Crippen LogP contribution in [0, 0.1) is 11.6 Å². The van der Waals surface area contributed by atoms with Crippen molar-refractivity contribution in [2.45, 2.75) is 127 Å². The first-order chi connectivity index (χ1) is 22.9. The number of carbonyl (C=O) groups excluding carboxylic acids is 2. The maximum absolute atomic E-state index is 14.1. The summed E-state index contributed by atoms with van der Waals surface area (Å²) in [7, 11) is -3.85. The van der Waals surface area contributed by atoms with Crippen LogP contribution in [0.25, 0.3) is 0 Å². The molecule has 1 aliphatic carbocycles. The molecule has 0 heterocycles. The number of rotatable bonds is 19. The zero-order chi connectivity index (χ0) is 35.1. The summed E-state index contributed by atoms with van der Waals surface area (Å²) in [6.45, 7) is 6.26. The number of ether oxygens (including phenoxy) is 1. The molecule has 1 fully saturated rings. The number of hydrogen-bond donors (Lipinski definition) is 4. The van der Waals surface area contributed by atoms with Crippen molar-refractivity contribution < 1.29 is 36.6 Å². The van der Waals surface area contributed by atoms with Crippen LogP contribution in [0.1, 0.15) is 95.2 Å². The fraction of sp³-hybridized carbons (Fsp3) is 0.611. The highest BCUT2D eigenvalue weighted by molar-refractivity contribution is 7.92. The van der Waals surface area contributed by atoms with Crippen LogP contribution in [-0.2, 0) is 38.8 Å². The third-order valence-electron chi connectivity index (χ3n) is 8.81.